The number of hydrogen-bond donors (Lipinski definition) is 1. The smallest absolute Gasteiger partial charge is 0.410 e. The average Bonchev–Trinajstić information content (AvgIpc) is 3.39. The fourth-order valence-corrected chi connectivity index (χ4v) is 4.34. The van der Waals surface area contributed by atoms with Crippen LogP contribution >= 0.6 is 0 Å². The van der Waals surface area contributed by atoms with Gasteiger partial charge in [0.15, 0.2) is 6.23 Å². The molecule has 1 amide bonds. The van der Waals surface area contributed by atoms with Crippen LogP contribution < -0.4 is 10.6 Å². The second kappa shape index (κ2) is 9.17. The number of anilines is 2. The highest BCUT2D eigenvalue weighted by Gasteiger charge is 2.32. The van der Waals surface area contributed by atoms with Crippen LogP contribution in [0.25, 0.3) is 11.4 Å². The number of nitrogens with two attached hydrogens (primary N) is 1. The van der Waals surface area contributed by atoms with Crippen molar-refractivity contribution in [2.45, 2.75) is 71.2 Å². The second-order valence-corrected chi connectivity index (χ2v) is 9.89. The molecule has 2 atom stereocenters. The molecule has 2 N–H and O–H groups in total. The molecule has 2 saturated heterocycles. The summed E-state index contributed by atoms with van der Waals surface area (Å²) in [5.41, 5.74) is 8.08. The van der Waals surface area contributed by atoms with Gasteiger partial charge in [-0.05, 0) is 59.4 Å². The Morgan fingerprint density at radius 2 is 2.03 bits per heavy atom. The van der Waals surface area contributed by atoms with Crippen molar-refractivity contribution in [2.75, 3.05) is 37.4 Å². The zero-order valence-electron chi connectivity index (χ0n) is 20.2. The number of nitrogens with zero attached hydrogens (tertiary/aromatic N) is 6. The van der Waals surface area contributed by atoms with Crippen LogP contribution in [0.4, 0.5) is 16.6 Å². The number of aromatic nitrogens is 4. The lowest BCUT2D eigenvalue weighted by Crippen LogP contribution is -2.42. The molecular formula is C23H35N7O3. The Hall–Kier alpha value is -2.88. The molecule has 4 heterocycles. The molecular weight excluding hydrogens is 422 g/mol. The Morgan fingerprint density at radius 1 is 1.24 bits per heavy atom. The van der Waals surface area contributed by atoms with E-state index in [1.165, 1.54) is 0 Å². The fourth-order valence-electron chi connectivity index (χ4n) is 4.34. The summed E-state index contributed by atoms with van der Waals surface area (Å²) in [5.74, 6) is 0.953. The zero-order chi connectivity index (χ0) is 23.8. The summed E-state index contributed by atoms with van der Waals surface area (Å²) in [7, 11) is 1.79. The van der Waals surface area contributed by atoms with Gasteiger partial charge in [-0.2, -0.15) is 10.1 Å². The average molecular weight is 458 g/mol. The molecule has 2 fully saturated rings. The van der Waals surface area contributed by atoms with E-state index in [-0.39, 0.29) is 24.3 Å². The van der Waals surface area contributed by atoms with Crippen LogP contribution in [-0.4, -0.2) is 69.1 Å². The van der Waals surface area contributed by atoms with Gasteiger partial charge in [0.25, 0.3) is 0 Å². The number of carbonyl (C=O) groups excluding carboxylic acids is 1. The van der Waals surface area contributed by atoms with Crippen molar-refractivity contribution in [3.05, 3.63) is 17.8 Å². The normalized spacial score (nSPS) is 21.3. The van der Waals surface area contributed by atoms with E-state index in [1.807, 2.05) is 44.5 Å². The molecule has 0 radical (unpaired) electrons. The van der Waals surface area contributed by atoms with Crippen molar-refractivity contribution < 1.29 is 14.3 Å². The number of aryl methyl sites for hydroxylation is 1. The van der Waals surface area contributed by atoms with Gasteiger partial charge >= 0.3 is 6.09 Å². The van der Waals surface area contributed by atoms with Gasteiger partial charge in [0.2, 0.25) is 5.95 Å². The number of rotatable bonds is 4. The van der Waals surface area contributed by atoms with Crippen LogP contribution in [0.1, 0.15) is 58.4 Å². The summed E-state index contributed by atoms with van der Waals surface area (Å²) in [6.45, 7) is 9.72. The van der Waals surface area contributed by atoms with Crippen LogP contribution in [0.3, 0.4) is 0 Å². The minimum atomic E-state index is -0.525. The Bertz CT molecular complexity index is 994. The summed E-state index contributed by atoms with van der Waals surface area (Å²) in [5, 5.41) is 4.67. The van der Waals surface area contributed by atoms with Gasteiger partial charge in [0, 0.05) is 32.8 Å². The minimum Gasteiger partial charge on any atom is -0.444 e. The maximum atomic E-state index is 12.5. The predicted molar refractivity (Wildman–Crippen MR) is 126 cm³/mol. The number of likely N-dealkylation sites (N-methyl/N-ethyl adjacent to an activating group) is 1. The first-order valence-electron chi connectivity index (χ1n) is 11.6. The number of hydrogen-bond acceptors (Lipinski definition) is 8. The third-order valence-electron chi connectivity index (χ3n) is 6.00. The number of ether oxygens (including phenoxy) is 2. The van der Waals surface area contributed by atoms with Gasteiger partial charge in [0.1, 0.15) is 11.4 Å². The van der Waals surface area contributed by atoms with Crippen LogP contribution in [0.15, 0.2) is 12.1 Å². The van der Waals surface area contributed by atoms with Gasteiger partial charge in [0.05, 0.1) is 23.1 Å². The highest BCUT2D eigenvalue weighted by Crippen LogP contribution is 2.31. The Kier molecular flexibility index (Phi) is 6.47. The molecule has 0 aliphatic carbocycles. The van der Waals surface area contributed by atoms with Crippen molar-refractivity contribution in [1.82, 2.24) is 24.6 Å². The summed E-state index contributed by atoms with van der Waals surface area (Å²) in [6.07, 6.45) is 3.52. The van der Waals surface area contributed by atoms with Crippen molar-refractivity contribution in [3.63, 3.8) is 0 Å². The summed E-state index contributed by atoms with van der Waals surface area (Å²) in [4.78, 5) is 25.3. The molecule has 0 saturated carbocycles. The molecule has 4 rings (SSSR count). The second-order valence-electron chi connectivity index (χ2n) is 9.89. The van der Waals surface area contributed by atoms with Gasteiger partial charge in [-0.25, -0.2) is 14.5 Å². The van der Waals surface area contributed by atoms with E-state index in [1.54, 1.807) is 11.9 Å². The van der Waals surface area contributed by atoms with Crippen LogP contribution in [0.2, 0.25) is 0 Å². The molecule has 1 unspecified atom stereocenters. The molecule has 2 aromatic rings. The van der Waals surface area contributed by atoms with E-state index >= 15 is 0 Å². The van der Waals surface area contributed by atoms with Crippen LogP contribution in [0, 0.1) is 6.92 Å². The molecule has 180 valence electrons. The largest absolute Gasteiger partial charge is 0.444 e. The minimum absolute atomic E-state index is 0.0305. The maximum Gasteiger partial charge on any atom is 0.410 e. The Morgan fingerprint density at radius 3 is 2.73 bits per heavy atom. The number of nitrogen functional groups attached to an aromatic ring is 1. The predicted octanol–water partition coefficient (Wildman–Crippen LogP) is 3.38. The molecule has 10 nitrogen and oxygen atoms in total. The summed E-state index contributed by atoms with van der Waals surface area (Å²) in [6, 6.07) is 3.98. The molecule has 2 aliphatic heterocycles. The molecule has 0 aromatic carbocycles. The summed E-state index contributed by atoms with van der Waals surface area (Å²) >= 11 is 0. The van der Waals surface area contributed by atoms with E-state index in [0.717, 1.165) is 61.7 Å². The molecule has 10 heteroatoms. The molecule has 33 heavy (non-hydrogen) atoms. The number of carbonyl (C=O) groups is 1. The van der Waals surface area contributed by atoms with Crippen molar-refractivity contribution in [1.29, 1.82) is 0 Å². The van der Waals surface area contributed by atoms with Crippen molar-refractivity contribution in [2.24, 2.45) is 0 Å². The monoisotopic (exact) mass is 457 g/mol. The Balaban J connectivity index is 1.54. The lowest BCUT2D eigenvalue weighted by Gasteiger charge is -2.28. The van der Waals surface area contributed by atoms with E-state index in [4.69, 9.17) is 15.2 Å². The quantitative estimate of drug-likeness (QED) is 0.744. The first kappa shape index (κ1) is 23.3. The van der Waals surface area contributed by atoms with E-state index in [2.05, 4.69) is 20.0 Å². The highest BCUT2D eigenvalue weighted by molar-refractivity contribution is 5.68. The van der Waals surface area contributed by atoms with Crippen molar-refractivity contribution >= 4 is 17.9 Å². The first-order valence-corrected chi connectivity index (χ1v) is 11.6. The molecule has 0 bridgehead atoms. The third-order valence-corrected chi connectivity index (χ3v) is 6.00. The number of amides is 1. The Labute approximate surface area is 195 Å². The lowest BCUT2D eigenvalue weighted by atomic mass is 10.2. The third kappa shape index (κ3) is 5.38. The van der Waals surface area contributed by atoms with Crippen LogP contribution in [-0.2, 0) is 9.47 Å². The fraction of sp³-hybridized carbons (Fsp3) is 0.652. The molecule has 0 spiro atoms. The molecule has 2 aliphatic rings. The SMILES string of the molecule is Cc1cc(-c2cc(N3CC[C@@H](N(C)C(=O)OC(C)(C)C)C3)nc(N)n2)n(C2CCCCO2)n1. The van der Waals surface area contributed by atoms with E-state index in [9.17, 15) is 4.79 Å². The van der Waals surface area contributed by atoms with Gasteiger partial charge in [-0.15, -0.1) is 0 Å². The molecule has 2 aromatic heterocycles. The zero-order valence-corrected chi connectivity index (χ0v) is 20.2. The van der Waals surface area contributed by atoms with Crippen molar-refractivity contribution in [3.8, 4) is 11.4 Å². The maximum absolute atomic E-state index is 12.5. The standard InChI is InChI=1S/C23H35N7O3/c1-15-12-18(30(27-15)20-8-6-7-11-32-20)17-13-19(26-21(24)25-17)29-10-9-16(14-29)28(5)22(31)33-23(2,3)4/h12-13,16,20H,6-11,14H2,1-5H3,(H2,24,25,26)/t16-,20?/m1/s1. The van der Waals surface area contributed by atoms with Gasteiger partial charge < -0.3 is 25.0 Å². The first-order chi connectivity index (χ1) is 15.6. The van der Waals surface area contributed by atoms with E-state index in [0.29, 0.717) is 6.54 Å². The van der Waals surface area contributed by atoms with Crippen LogP contribution in [0.5, 0.6) is 0 Å². The summed E-state index contributed by atoms with van der Waals surface area (Å²) < 4.78 is 13.4. The van der Waals surface area contributed by atoms with Gasteiger partial charge in [-0.1, -0.05) is 0 Å². The lowest BCUT2D eigenvalue weighted by molar-refractivity contribution is -0.0385. The van der Waals surface area contributed by atoms with Gasteiger partial charge in [-0.3, -0.25) is 0 Å². The topological polar surface area (TPSA) is 112 Å². The van der Waals surface area contributed by atoms with E-state index < -0.39 is 5.60 Å². The highest BCUT2D eigenvalue weighted by atomic mass is 16.6.